The fraction of sp³-hybridized carbons (Fsp3) is 0.417. The first-order chi connectivity index (χ1) is 9.67. The van der Waals surface area contributed by atoms with Gasteiger partial charge in [-0.05, 0) is 24.9 Å². The summed E-state index contributed by atoms with van der Waals surface area (Å²) in [4.78, 5) is 20.4. The molecule has 7 nitrogen and oxygen atoms in total. The normalized spacial score (nSPS) is 10.3. The molecular weight excluding hydrogens is 280 g/mol. The standard InChI is InChI=1S/C12H15ClN6O/c1-3-4-20-12-18-10(13)17-11(19-12)16-7-9-6-14-8(2)5-15-9/h5-6H,3-4,7H2,1-2H3,(H,16,17,18,19). The minimum Gasteiger partial charge on any atom is -0.463 e. The third-order valence-electron chi connectivity index (χ3n) is 2.28. The van der Waals surface area contributed by atoms with Crippen molar-refractivity contribution >= 4 is 17.5 Å². The summed E-state index contributed by atoms with van der Waals surface area (Å²) in [6.45, 7) is 4.86. The van der Waals surface area contributed by atoms with Crippen molar-refractivity contribution in [1.29, 1.82) is 0 Å². The van der Waals surface area contributed by atoms with E-state index in [4.69, 9.17) is 16.3 Å². The molecule has 106 valence electrons. The Morgan fingerprint density at radius 1 is 1.20 bits per heavy atom. The molecule has 0 atom stereocenters. The van der Waals surface area contributed by atoms with Crippen molar-refractivity contribution in [1.82, 2.24) is 24.9 Å². The predicted octanol–water partition coefficient (Wildman–Crippen LogP) is 2.02. The number of rotatable bonds is 6. The molecular formula is C12H15ClN6O. The summed E-state index contributed by atoms with van der Waals surface area (Å²) in [5, 5.41) is 3.10. The Bertz CT molecular complexity index is 562. The van der Waals surface area contributed by atoms with Gasteiger partial charge in [-0.1, -0.05) is 6.92 Å². The number of aryl methyl sites for hydroxylation is 1. The van der Waals surface area contributed by atoms with Crippen molar-refractivity contribution in [2.45, 2.75) is 26.8 Å². The molecule has 0 unspecified atom stereocenters. The lowest BCUT2D eigenvalue weighted by Crippen LogP contribution is -2.08. The minimum absolute atomic E-state index is 0.0867. The number of hydrogen-bond acceptors (Lipinski definition) is 7. The van der Waals surface area contributed by atoms with Gasteiger partial charge in [0.1, 0.15) is 0 Å². The van der Waals surface area contributed by atoms with Crippen LogP contribution in [0.3, 0.4) is 0 Å². The van der Waals surface area contributed by atoms with E-state index in [0.29, 0.717) is 19.1 Å². The number of anilines is 1. The zero-order valence-electron chi connectivity index (χ0n) is 11.3. The van der Waals surface area contributed by atoms with Gasteiger partial charge in [-0.25, -0.2) is 0 Å². The van der Waals surface area contributed by atoms with Crippen molar-refractivity contribution in [3.63, 3.8) is 0 Å². The number of ether oxygens (including phenoxy) is 1. The minimum atomic E-state index is 0.0867. The Kier molecular flexibility index (Phi) is 5.00. The highest BCUT2D eigenvalue weighted by molar-refractivity contribution is 6.28. The smallest absolute Gasteiger partial charge is 0.322 e. The van der Waals surface area contributed by atoms with Crippen LogP contribution in [0, 0.1) is 6.92 Å². The molecule has 0 aliphatic rings. The maximum atomic E-state index is 5.82. The van der Waals surface area contributed by atoms with Crippen LogP contribution >= 0.6 is 11.6 Å². The summed E-state index contributed by atoms with van der Waals surface area (Å²) in [6.07, 6.45) is 4.26. The zero-order chi connectivity index (χ0) is 14.4. The van der Waals surface area contributed by atoms with Gasteiger partial charge in [0, 0.05) is 6.20 Å². The lowest BCUT2D eigenvalue weighted by atomic mass is 10.4. The summed E-state index contributed by atoms with van der Waals surface area (Å²) in [5.41, 5.74) is 1.65. The number of halogens is 1. The fourth-order valence-electron chi connectivity index (χ4n) is 1.35. The maximum Gasteiger partial charge on any atom is 0.322 e. The molecule has 2 rings (SSSR count). The average Bonchev–Trinajstić information content (AvgIpc) is 2.44. The van der Waals surface area contributed by atoms with Gasteiger partial charge in [0.15, 0.2) is 0 Å². The van der Waals surface area contributed by atoms with Crippen molar-refractivity contribution in [2.75, 3.05) is 11.9 Å². The number of aromatic nitrogens is 5. The lowest BCUT2D eigenvalue weighted by Gasteiger charge is -2.07. The highest BCUT2D eigenvalue weighted by atomic mass is 35.5. The number of nitrogens with one attached hydrogen (secondary N) is 1. The highest BCUT2D eigenvalue weighted by Crippen LogP contribution is 2.12. The monoisotopic (exact) mass is 294 g/mol. The Morgan fingerprint density at radius 2 is 2.05 bits per heavy atom. The Morgan fingerprint density at radius 3 is 2.75 bits per heavy atom. The van der Waals surface area contributed by atoms with Gasteiger partial charge < -0.3 is 10.1 Å². The average molecular weight is 295 g/mol. The second-order valence-electron chi connectivity index (χ2n) is 4.06. The molecule has 0 spiro atoms. The molecule has 0 aliphatic carbocycles. The van der Waals surface area contributed by atoms with Crippen molar-refractivity contribution in [2.24, 2.45) is 0 Å². The van der Waals surface area contributed by atoms with Crippen molar-refractivity contribution in [3.05, 3.63) is 29.1 Å². The summed E-state index contributed by atoms with van der Waals surface area (Å²) in [5.74, 6) is 0.346. The first-order valence-electron chi connectivity index (χ1n) is 6.23. The van der Waals surface area contributed by atoms with Gasteiger partial charge in [0.2, 0.25) is 11.2 Å². The maximum absolute atomic E-state index is 5.82. The largest absolute Gasteiger partial charge is 0.463 e. The van der Waals surface area contributed by atoms with E-state index < -0.39 is 0 Å². The molecule has 0 saturated heterocycles. The predicted molar refractivity (Wildman–Crippen MR) is 74.7 cm³/mol. The van der Waals surface area contributed by atoms with E-state index in [2.05, 4.69) is 30.2 Å². The molecule has 0 aromatic carbocycles. The van der Waals surface area contributed by atoms with Gasteiger partial charge >= 0.3 is 6.01 Å². The van der Waals surface area contributed by atoms with Crippen molar-refractivity contribution < 1.29 is 4.74 Å². The van der Waals surface area contributed by atoms with Gasteiger partial charge in [0.05, 0.1) is 30.7 Å². The van der Waals surface area contributed by atoms with Gasteiger partial charge in [-0.15, -0.1) is 0 Å². The molecule has 0 aliphatic heterocycles. The molecule has 0 saturated carbocycles. The third kappa shape index (κ3) is 4.27. The van der Waals surface area contributed by atoms with Gasteiger partial charge in [-0.3, -0.25) is 9.97 Å². The number of hydrogen-bond donors (Lipinski definition) is 1. The second kappa shape index (κ2) is 6.95. The molecule has 2 heterocycles. The Balaban J connectivity index is 2.01. The Hall–Kier alpha value is -2.02. The van der Waals surface area contributed by atoms with E-state index in [0.717, 1.165) is 17.8 Å². The van der Waals surface area contributed by atoms with Gasteiger partial charge in [0.25, 0.3) is 0 Å². The molecule has 1 N–H and O–H groups in total. The molecule has 8 heteroatoms. The van der Waals surface area contributed by atoms with E-state index >= 15 is 0 Å². The topological polar surface area (TPSA) is 85.7 Å². The molecule has 20 heavy (non-hydrogen) atoms. The van der Waals surface area contributed by atoms with E-state index in [1.807, 2.05) is 13.8 Å². The summed E-state index contributed by atoms with van der Waals surface area (Å²) >= 11 is 5.82. The molecule has 0 bridgehead atoms. The molecule has 2 aromatic heterocycles. The summed E-state index contributed by atoms with van der Waals surface area (Å²) < 4.78 is 5.33. The molecule has 0 fully saturated rings. The molecule has 0 amide bonds. The van der Waals surface area contributed by atoms with E-state index in [1.54, 1.807) is 12.4 Å². The van der Waals surface area contributed by atoms with Crippen LogP contribution in [0.5, 0.6) is 6.01 Å². The van der Waals surface area contributed by atoms with Crippen molar-refractivity contribution in [3.8, 4) is 6.01 Å². The van der Waals surface area contributed by atoms with Gasteiger partial charge in [-0.2, -0.15) is 15.0 Å². The second-order valence-corrected chi connectivity index (χ2v) is 4.40. The first-order valence-corrected chi connectivity index (χ1v) is 6.61. The van der Waals surface area contributed by atoms with Crippen LogP contribution in [0.15, 0.2) is 12.4 Å². The third-order valence-corrected chi connectivity index (χ3v) is 2.45. The van der Waals surface area contributed by atoms with Crippen LogP contribution in [0.25, 0.3) is 0 Å². The van der Waals surface area contributed by atoms with Crippen LogP contribution in [0.2, 0.25) is 5.28 Å². The molecule has 0 radical (unpaired) electrons. The zero-order valence-corrected chi connectivity index (χ0v) is 12.1. The Labute approximate surface area is 121 Å². The quantitative estimate of drug-likeness (QED) is 0.872. The van der Waals surface area contributed by atoms with E-state index in [1.165, 1.54) is 0 Å². The van der Waals surface area contributed by atoms with Crippen LogP contribution in [-0.2, 0) is 6.54 Å². The van der Waals surface area contributed by atoms with E-state index in [-0.39, 0.29) is 11.3 Å². The first kappa shape index (κ1) is 14.4. The van der Waals surface area contributed by atoms with Crippen LogP contribution in [0.4, 0.5) is 5.95 Å². The van der Waals surface area contributed by atoms with Crippen LogP contribution in [-0.4, -0.2) is 31.5 Å². The lowest BCUT2D eigenvalue weighted by molar-refractivity contribution is 0.291. The fourth-order valence-corrected chi connectivity index (χ4v) is 1.50. The van der Waals surface area contributed by atoms with Crippen LogP contribution in [0.1, 0.15) is 24.7 Å². The van der Waals surface area contributed by atoms with E-state index in [9.17, 15) is 0 Å². The molecule has 2 aromatic rings. The summed E-state index contributed by atoms with van der Waals surface area (Å²) in [7, 11) is 0. The van der Waals surface area contributed by atoms with Crippen LogP contribution < -0.4 is 10.1 Å². The number of nitrogens with zero attached hydrogens (tertiary/aromatic N) is 5. The highest BCUT2D eigenvalue weighted by Gasteiger charge is 2.06. The SMILES string of the molecule is CCCOc1nc(Cl)nc(NCc2cnc(C)cn2)n1. The summed E-state index contributed by atoms with van der Waals surface area (Å²) in [6, 6.07) is 0.212.